The zero-order chi connectivity index (χ0) is 17.4. The van der Waals surface area contributed by atoms with Crippen molar-refractivity contribution in [1.29, 1.82) is 0 Å². The van der Waals surface area contributed by atoms with Crippen LogP contribution in [0.25, 0.3) is 0 Å². The number of rotatable bonds is 8. The molecule has 0 radical (unpaired) electrons. The molecule has 0 heterocycles. The summed E-state index contributed by atoms with van der Waals surface area (Å²) in [5.41, 5.74) is 2.22. The van der Waals surface area contributed by atoms with Crippen LogP contribution in [0.15, 0.2) is 18.2 Å². The van der Waals surface area contributed by atoms with Gasteiger partial charge in [-0.2, -0.15) is 0 Å². The van der Waals surface area contributed by atoms with Crippen LogP contribution in [0.3, 0.4) is 0 Å². The Morgan fingerprint density at radius 3 is 2.52 bits per heavy atom. The fourth-order valence-electron chi connectivity index (χ4n) is 2.23. The van der Waals surface area contributed by atoms with E-state index in [0.29, 0.717) is 6.42 Å². The molecule has 0 bridgehead atoms. The Balaban J connectivity index is 2.49. The maximum Gasteiger partial charge on any atom is 0.328 e. The molecule has 5 nitrogen and oxygen atoms in total. The molecule has 0 saturated heterocycles. The summed E-state index contributed by atoms with van der Waals surface area (Å²) in [5.74, 6) is 0.434. The third-order valence-electron chi connectivity index (χ3n) is 3.67. The number of aryl methyl sites for hydroxylation is 1. The predicted molar refractivity (Wildman–Crippen MR) is 89.4 cm³/mol. The van der Waals surface area contributed by atoms with Gasteiger partial charge >= 0.3 is 5.97 Å². The van der Waals surface area contributed by atoms with Crippen LogP contribution in [0.4, 0.5) is 0 Å². The average Bonchev–Trinajstić information content (AvgIpc) is 2.49. The minimum Gasteiger partial charge on any atom is -0.493 e. The van der Waals surface area contributed by atoms with E-state index in [1.807, 2.05) is 45.9 Å². The van der Waals surface area contributed by atoms with Crippen LogP contribution >= 0.6 is 0 Å². The second kappa shape index (κ2) is 9.18. The van der Waals surface area contributed by atoms with E-state index < -0.39 is 12.0 Å². The maximum atomic E-state index is 12.0. The number of nitrogens with one attached hydrogen (secondary N) is 1. The van der Waals surface area contributed by atoms with Crippen molar-refractivity contribution >= 4 is 11.9 Å². The first-order valence-corrected chi connectivity index (χ1v) is 7.91. The van der Waals surface area contributed by atoms with Crippen molar-refractivity contribution in [2.24, 2.45) is 5.92 Å². The van der Waals surface area contributed by atoms with Crippen LogP contribution in [0, 0.1) is 19.8 Å². The van der Waals surface area contributed by atoms with Crippen molar-refractivity contribution in [2.45, 2.75) is 46.6 Å². The molecule has 1 aromatic carbocycles. The summed E-state index contributed by atoms with van der Waals surface area (Å²) in [5, 5.41) is 2.72. The van der Waals surface area contributed by atoms with E-state index in [4.69, 9.17) is 9.47 Å². The number of carbonyl (C=O) groups excluding carboxylic acids is 2. The number of amides is 1. The monoisotopic (exact) mass is 321 g/mol. The number of methoxy groups -OCH3 is 1. The molecule has 5 heteroatoms. The van der Waals surface area contributed by atoms with E-state index in [1.54, 1.807) is 0 Å². The summed E-state index contributed by atoms with van der Waals surface area (Å²) in [6.07, 6.45) is 0.745. The maximum absolute atomic E-state index is 12.0. The van der Waals surface area contributed by atoms with Gasteiger partial charge in [-0.15, -0.1) is 0 Å². The molecule has 0 aliphatic rings. The Bertz CT molecular complexity index is 540. The third kappa shape index (κ3) is 6.30. The first-order chi connectivity index (χ1) is 10.8. The Morgan fingerprint density at radius 2 is 1.91 bits per heavy atom. The van der Waals surface area contributed by atoms with E-state index >= 15 is 0 Å². The van der Waals surface area contributed by atoms with Gasteiger partial charge in [0.05, 0.1) is 20.1 Å². The largest absolute Gasteiger partial charge is 0.493 e. The second-order valence-electron chi connectivity index (χ2n) is 6.07. The molecule has 23 heavy (non-hydrogen) atoms. The third-order valence-corrected chi connectivity index (χ3v) is 3.67. The van der Waals surface area contributed by atoms with Gasteiger partial charge in [-0.05, 0) is 43.4 Å². The smallest absolute Gasteiger partial charge is 0.328 e. The Kier molecular flexibility index (Phi) is 7.59. The fraction of sp³-hybridized carbons (Fsp3) is 0.556. The van der Waals surface area contributed by atoms with Crippen LogP contribution in [-0.2, 0) is 14.3 Å². The van der Waals surface area contributed by atoms with E-state index in [9.17, 15) is 9.59 Å². The van der Waals surface area contributed by atoms with Gasteiger partial charge in [-0.1, -0.05) is 26.0 Å². The van der Waals surface area contributed by atoms with Gasteiger partial charge in [-0.3, -0.25) is 4.79 Å². The molecular weight excluding hydrogens is 294 g/mol. The highest BCUT2D eigenvalue weighted by Crippen LogP contribution is 2.20. The van der Waals surface area contributed by atoms with Gasteiger partial charge in [0, 0.05) is 0 Å². The van der Waals surface area contributed by atoms with Gasteiger partial charge in [-0.25, -0.2) is 4.79 Å². The summed E-state index contributed by atoms with van der Waals surface area (Å²) in [6.45, 7) is 8.26. The minimum absolute atomic E-state index is 0.193. The highest BCUT2D eigenvalue weighted by atomic mass is 16.5. The van der Waals surface area contributed by atoms with Crippen molar-refractivity contribution in [3.63, 3.8) is 0 Å². The summed E-state index contributed by atoms with van der Waals surface area (Å²) in [4.78, 5) is 23.7. The predicted octanol–water partition coefficient (Wildman–Crippen LogP) is 2.78. The van der Waals surface area contributed by atoms with Crippen molar-refractivity contribution < 1.29 is 19.1 Å². The fourth-order valence-corrected chi connectivity index (χ4v) is 2.23. The molecule has 1 unspecified atom stereocenters. The van der Waals surface area contributed by atoms with Crippen molar-refractivity contribution in [3.8, 4) is 5.75 Å². The van der Waals surface area contributed by atoms with Crippen LogP contribution in [0.5, 0.6) is 5.75 Å². The first-order valence-electron chi connectivity index (χ1n) is 7.91. The van der Waals surface area contributed by atoms with Crippen molar-refractivity contribution in [2.75, 3.05) is 13.7 Å². The number of esters is 1. The number of hydrogen-bond donors (Lipinski definition) is 1. The van der Waals surface area contributed by atoms with Gasteiger partial charge in [0.15, 0.2) is 0 Å². The van der Waals surface area contributed by atoms with Crippen LogP contribution in [0.1, 0.15) is 37.8 Å². The lowest BCUT2D eigenvalue weighted by atomic mass is 10.0. The molecule has 1 amide bonds. The van der Waals surface area contributed by atoms with Crippen molar-refractivity contribution in [3.05, 3.63) is 29.3 Å². The van der Waals surface area contributed by atoms with E-state index in [1.165, 1.54) is 7.11 Å². The summed E-state index contributed by atoms with van der Waals surface area (Å²) >= 11 is 0. The Morgan fingerprint density at radius 1 is 1.22 bits per heavy atom. The number of hydrogen-bond acceptors (Lipinski definition) is 4. The standard InChI is InChI=1S/C18H27NO4/c1-12(2)11-15(18(21)22-5)19-17(20)9-10-23-16-8-6-7-13(3)14(16)4/h6-8,12,15H,9-11H2,1-5H3,(H,19,20). The number of benzene rings is 1. The Hall–Kier alpha value is -2.04. The molecule has 128 valence electrons. The molecule has 1 atom stereocenters. The molecule has 0 saturated carbocycles. The average molecular weight is 321 g/mol. The van der Waals surface area contributed by atoms with Crippen LogP contribution < -0.4 is 10.1 Å². The van der Waals surface area contributed by atoms with Gasteiger partial charge in [0.1, 0.15) is 11.8 Å². The lowest BCUT2D eigenvalue weighted by Crippen LogP contribution is -2.42. The highest BCUT2D eigenvalue weighted by Gasteiger charge is 2.22. The first kappa shape index (κ1) is 19.0. The summed E-state index contributed by atoms with van der Waals surface area (Å²) in [7, 11) is 1.32. The molecule has 0 aliphatic heterocycles. The summed E-state index contributed by atoms with van der Waals surface area (Å²) in [6, 6.07) is 5.22. The molecule has 1 aromatic rings. The van der Waals surface area contributed by atoms with E-state index in [0.717, 1.165) is 16.9 Å². The molecule has 0 aliphatic carbocycles. The van der Waals surface area contributed by atoms with Gasteiger partial charge in [0.25, 0.3) is 0 Å². The minimum atomic E-state index is -0.604. The van der Waals surface area contributed by atoms with E-state index in [2.05, 4.69) is 5.32 Å². The quantitative estimate of drug-likeness (QED) is 0.748. The number of carbonyl (C=O) groups is 2. The number of ether oxygens (including phenoxy) is 2. The second-order valence-corrected chi connectivity index (χ2v) is 6.07. The molecule has 0 spiro atoms. The molecular formula is C18H27NO4. The van der Waals surface area contributed by atoms with Gasteiger partial charge < -0.3 is 14.8 Å². The lowest BCUT2D eigenvalue weighted by Gasteiger charge is -2.18. The molecule has 0 aromatic heterocycles. The van der Waals surface area contributed by atoms with Crippen LogP contribution in [-0.4, -0.2) is 31.6 Å². The molecule has 0 fully saturated rings. The van der Waals surface area contributed by atoms with Crippen LogP contribution in [0.2, 0.25) is 0 Å². The molecule has 1 rings (SSSR count). The highest BCUT2D eigenvalue weighted by molar-refractivity contribution is 5.84. The molecule has 1 N–H and O–H groups in total. The zero-order valence-corrected chi connectivity index (χ0v) is 14.6. The van der Waals surface area contributed by atoms with Gasteiger partial charge in [0.2, 0.25) is 5.91 Å². The summed E-state index contributed by atoms with van der Waals surface area (Å²) < 4.78 is 10.4. The SMILES string of the molecule is COC(=O)C(CC(C)C)NC(=O)CCOc1cccc(C)c1C. The lowest BCUT2D eigenvalue weighted by molar-refractivity contribution is -0.145. The normalized spacial score (nSPS) is 11.9. The van der Waals surface area contributed by atoms with E-state index in [-0.39, 0.29) is 24.9 Å². The van der Waals surface area contributed by atoms with Crippen molar-refractivity contribution in [1.82, 2.24) is 5.32 Å². The Labute approximate surface area is 138 Å². The zero-order valence-electron chi connectivity index (χ0n) is 14.6. The topological polar surface area (TPSA) is 64.6 Å².